The molecule has 1 aliphatic rings. The number of aliphatic imine (C=N–C) groups is 2. The second kappa shape index (κ2) is 2.91. The Kier molecular flexibility index (Phi) is 1.94. The zero-order chi connectivity index (χ0) is 7.40. The lowest BCUT2D eigenvalue weighted by Crippen LogP contribution is -1.96. The van der Waals surface area contributed by atoms with Gasteiger partial charge in [0.25, 0.3) is 0 Å². The molecule has 4 nitrogen and oxygen atoms in total. The lowest BCUT2D eigenvalue weighted by molar-refractivity contribution is -0.132. The molecule has 4 heteroatoms. The van der Waals surface area contributed by atoms with Crippen LogP contribution >= 0.6 is 0 Å². The molecule has 1 rings (SSSR count). The summed E-state index contributed by atoms with van der Waals surface area (Å²) in [5.41, 5.74) is -0.0197. The zero-order valence-electron chi connectivity index (χ0n) is 5.19. The predicted molar refractivity (Wildman–Crippen MR) is 37.3 cm³/mol. The molecule has 10 heavy (non-hydrogen) atoms. The number of hydrogen-bond donors (Lipinski definition) is 1. The molecule has 0 unspecified atom stereocenters. The van der Waals surface area contributed by atoms with E-state index in [1.54, 1.807) is 6.21 Å². The summed E-state index contributed by atoms with van der Waals surface area (Å²) in [6.45, 7) is 0. The van der Waals surface area contributed by atoms with Crippen LogP contribution in [0.4, 0.5) is 0 Å². The van der Waals surface area contributed by atoms with Gasteiger partial charge in [0.15, 0.2) is 5.70 Å². The number of nitrogens with zero attached hydrogens (tertiary/aromatic N) is 2. The molecular formula is C6H6N2O2. The van der Waals surface area contributed by atoms with Gasteiger partial charge in [-0.05, 0) is 0 Å². The molecule has 0 fully saturated rings. The van der Waals surface area contributed by atoms with Crippen LogP contribution in [0.25, 0.3) is 0 Å². The topological polar surface area (TPSA) is 62.0 Å². The van der Waals surface area contributed by atoms with E-state index in [2.05, 4.69) is 9.98 Å². The van der Waals surface area contributed by atoms with Crippen molar-refractivity contribution in [2.24, 2.45) is 9.98 Å². The highest BCUT2D eigenvalue weighted by molar-refractivity contribution is 5.91. The maximum absolute atomic E-state index is 10.3. The minimum absolute atomic E-state index is 0.0197. The van der Waals surface area contributed by atoms with Crippen LogP contribution in [0.2, 0.25) is 0 Å². The molecule has 0 saturated heterocycles. The van der Waals surface area contributed by atoms with Crippen LogP contribution in [0.1, 0.15) is 6.42 Å². The van der Waals surface area contributed by atoms with E-state index in [1.807, 2.05) is 0 Å². The number of carboxylic acids is 1. The Hall–Kier alpha value is -1.45. The predicted octanol–water partition coefficient (Wildman–Crippen LogP) is 0.458. The molecule has 1 heterocycles. The fourth-order valence-electron chi connectivity index (χ4n) is 0.526. The van der Waals surface area contributed by atoms with E-state index in [-0.39, 0.29) is 5.70 Å². The summed E-state index contributed by atoms with van der Waals surface area (Å²) in [5.74, 6) is -1.05. The molecule has 0 bridgehead atoms. The van der Waals surface area contributed by atoms with Gasteiger partial charge in [-0.15, -0.1) is 0 Å². The highest BCUT2D eigenvalue weighted by Crippen LogP contribution is 1.98. The molecule has 0 atom stereocenters. The molecule has 52 valence electrons. The summed E-state index contributed by atoms with van der Waals surface area (Å²) in [4.78, 5) is 17.6. The fraction of sp³-hybridized carbons (Fsp3) is 0.167. The van der Waals surface area contributed by atoms with Gasteiger partial charge in [-0.25, -0.2) is 4.79 Å². The van der Waals surface area contributed by atoms with Crippen LogP contribution < -0.4 is 0 Å². The zero-order valence-corrected chi connectivity index (χ0v) is 5.19. The van der Waals surface area contributed by atoms with Crippen LogP contribution in [0, 0.1) is 0 Å². The van der Waals surface area contributed by atoms with Gasteiger partial charge < -0.3 is 5.11 Å². The third kappa shape index (κ3) is 1.51. The van der Waals surface area contributed by atoms with Crippen LogP contribution in [0.5, 0.6) is 0 Å². The van der Waals surface area contributed by atoms with Crippen molar-refractivity contribution in [3.8, 4) is 0 Å². The first kappa shape index (κ1) is 6.67. The monoisotopic (exact) mass is 138 g/mol. The van der Waals surface area contributed by atoms with E-state index in [0.717, 1.165) is 0 Å². The third-order valence-electron chi connectivity index (χ3n) is 0.963. The van der Waals surface area contributed by atoms with E-state index in [1.165, 1.54) is 12.4 Å². The van der Waals surface area contributed by atoms with Gasteiger partial charge in [0.05, 0.1) is 6.20 Å². The molecule has 1 aliphatic heterocycles. The highest BCUT2D eigenvalue weighted by atomic mass is 16.4. The van der Waals surface area contributed by atoms with Crippen molar-refractivity contribution in [3.63, 3.8) is 0 Å². The average molecular weight is 138 g/mol. The van der Waals surface area contributed by atoms with Gasteiger partial charge in [-0.1, -0.05) is 0 Å². The molecule has 0 aromatic heterocycles. The first-order chi connectivity index (χ1) is 4.80. The van der Waals surface area contributed by atoms with Crippen molar-refractivity contribution in [3.05, 3.63) is 11.9 Å². The molecule has 0 aromatic carbocycles. The summed E-state index contributed by atoms with van der Waals surface area (Å²) in [7, 11) is 0. The van der Waals surface area contributed by atoms with E-state index < -0.39 is 5.97 Å². The molecule has 0 aromatic rings. The number of rotatable bonds is 1. The quantitative estimate of drug-likeness (QED) is 0.572. The molecule has 0 saturated carbocycles. The Labute approximate surface area is 57.6 Å². The Morgan fingerprint density at radius 2 is 2.40 bits per heavy atom. The van der Waals surface area contributed by atoms with Crippen LogP contribution in [0.3, 0.4) is 0 Å². The summed E-state index contributed by atoms with van der Waals surface area (Å²) in [6, 6.07) is 0. The van der Waals surface area contributed by atoms with Gasteiger partial charge in [-0.3, -0.25) is 9.98 Å². The van der Waals surface area contributed by atoms with Gasteiger partial charge in [-0.2, -0.15) is 0 Å². The minimum atomic E-state index is -1.05. The van der Waals surface area contributed by atoms with Crippen LogP contribution in [-0.4, -0.2) is 23.5 Å². The van der Waals surface area contributed by atoms with Gasteiger partial charge in [0.1, 0.15) is 0 Å². The van der Waals surface area contributed by atoms with E-state index in [9.17, 15) is 4.79 Å². The number of carboxylic acid groups (broad SMARTS) is 1. The Balaban J connectivity index is 2.83. The van der Waals surface area contributed by atoms with Gasteiger partial charge in [0.2, 0.25) is 0 Å². The number of carbonyl (C=O) groups is 1. The second-order valence-corrected chi connectivity index (χ2v) is 1.70. The molecular weight excluding hydrogens is 132 g/mol. The fourth-order valence-corrected chi connectivity index (χ4v) is 0.526. The lowest BCUT2D eigenvalue weighted by Gasteiger charge is -1.86. The van der Waals surface area contributed by atoms with Gasteiger partial charge in [0, 0.05) is 18.9 Å². The molecule has 0 spiro atoms. The summed E-state index contributed by atoms with van der Waals surface area (Å²) in [6.07, 6.45) is 4.93. The van der Waals surface area contributed by atoms with E-state index in [4.69, 9.17) is 5.11 Å². The maximum atomic E-state index is 10.3. The van der Waals surface area contributed by atoms with Gasteiger partial charge >= 0.3 is 5.97 Å². The molecule has 0 aliphatic carbocycles. The molecule has 0 amide bonds. The Morgan fingerprint density at radius 3 is 3.10 bits per heavy atom. The standard InChI is InChI=1S/C6H6N2O2/c9-6(10)5-4-7-2-1-3-8-5/h2-4H,1H2,(H,9,10). The van der Waals surface area contributed by atoms with Crippen molar-refractivity contribution in [2.45, 2.75) is 6.42 Å². The summed E-state index contributed by atoms with van der Waals surface area (Å²) in [5, 5.41) is 8.41. The van der Waals surface area contributed by atoms with Crippen molar-refractivity contribution in [2.75, 3.05) is 0 Å². The first-order valence-corrected chi connectivity index (χ1v) is 2.78. The maximum Gasteiger partial charge on any atom is 0.356 e. The number of aliphatic carboxylic acids is 1. The molecule has 0 radical (unpaired) electrons. The number of hydrogen-bond acceptors (Lipinski definition) is 3. The minimum Gasteiger partial charge on any atom is -0.476 e. The third-order valence-corrected chi connectivity index (χ3v) is 0.963. The van der Waals surface area contributed by atoms with Crippen LogP contribution in [0.15, 0.2) is 21.9 Å². The summed E-state index contributed by atoms with van der Waals surface area (Å²) >= 11 is 0. The van der Waals surface area contributed by atoms with Crippen molar-refractivity contribution >= 4 is 18.4 Å². The van der Waals surface area contributed by atoms with Crippen molar-refractivity contribution in [1.29, 1.82) is 0 Å². The largest absolute Gasteiger partial charge is 0.476 e. The highest BCUT2D eigenvalue weighted by Gasteiger charge is 2.03. The Bertz CT molecular complexity index is 228. The van der Waals surface area contributed by atoms with Crippen molar-refractivity contribution < 1.29 is 9.90 Å². The SMILES string of the molecule is O=C(O)C1=CN=CCC=N1. The van der Waals surface area contributed by atoms with E-state index in [0.29, 0.717) is 6.42 Å². The average Bonchev–Trinajstić information content (AvgIpc) is 2.12. The van der Waals surface area contributed by atoms with E-state index >= 15 is 0 Å². The smallest absolute Gasteiger partial charge is 0.356 e. The Morgan fingerprint density at radius 1 is 1.60 bits per heavy atom. The van der Waals surface area contributed by atoms with Crippen LogP contribution in [-0.2, 0) is 4.79 Å². The first-order valence-electron chi connectivity index (χ1n) is 2.78. The van der Waals surface area contributed by atoms with Crippen molar-refractivity contribution in [1.82, 2.24) is 0 Å². The molecule has 1 N–H and O–H groups in total. The normalized spacial score (nSPS) is 16.2. The second-order valence-electron chi connectivity index (χ2n) is 1.70. The lowest BCUT2D eigenvalue weighted by atomic mass is 10.5. The summed E-state index contributed by atoms with van der Waals surface area (Å²) < 4.78 is 0.